The third-order valence-corrected chi connectivity index (χ3v) is 5.57. The number of piperidine rings is 1. The van der Waals surface area contributed by atoms with Crippen molar-refractivity contribution >= 4 is 29.9 Å². The van der Waals surface area contributed by atoms with Crippen LogP contribution in [0.25, 0.3) is 0 Å². The molecule has 0 saturated carbocycles. The fourth-order valence-corrected chi connectivity index (χ4v) is 3.99. The molecular weight excluding hydrogens is 441 g/mol. The van der Waals surface area contributed by atoms with E-state index >= 15 is 0 Å². The fraction of sp³-hybridized carbons (Fsp3) is 0.737. The maximum atomic E-state index is 5.72. The maximum absolute atomic E-state index is 5.72. The molecule has 3 rings (SSSR count). The van der Waals surface area contributed by atoms with Crippen LogP contribution in [0.1, 0.15) is 43.9 Å². The molecule has 1 aromatic heterocycles. The van der Waals surface area contributed by atoms with Gasteiger partial charge in [0.05, 0.1) is 12.3 Å². The summed E-state index contributed by atoms with van der Waals surface area (Å²) < 4.78 is 5.72. The minimum absolute atomic E-state index is 0. The number of furan rings is 1. The van der Waals surface area contributed by atoms with E-state index < -0.39 is 0 Å². The Hall–Kier alpha value is -0.800. The molecular formula is C19H34IN5O. The predicted molar refractivity (Wildman–Crippen MR) is 117 cm³/mol. The zero-order valence-corrected chi connectivity index (χ0v) is 18.4. The Morgan fingerprint density at radius 3 is 2.65 bits per heavy atom. The quantitative estimate of drug-likeness (QED) is 0.377. The molecule has 2 fully saturated rings. The first kappa shape index (κ1) is 21.5. The van der Waals surface area contributed by atoms with Crippen LogP contribution in [0.2, 0.25) is 0 Å². The van der Waals surface area contributed by atoms with Crippen molar-refractivity contribution in [3.05, 3.63) is 24.2 Å². The van der Waals surface area contributed by atoms with E-state index in [1.54, 1.807) is 6.26 Å². The van der Waals surface area contributed by atoms with Crippen LogP contribution in [0.4, 0.5) is 0 Å². The van der Waals surface area contributed by atoms with Gasteiger partial charge in [-0.2, -0.15) is 0 Å². The second kappa shape index (κ2) is 11.1. The molecule has 6 nitrogen and oxygen atoms in total. The van der Waals surface area contributed by atoms with Crippen LogP contribution in [0.15, 0.2) is 27.8 Å². The Bertz CT molecular complexity index is 530. The van der Waals surface area contributed by atoms with Crippen LogP contribution in [0.3, 0.4) is 0 Å². The summed E-state index contributed by atoms with van der Waals surface area (Å²) in [6.45, 7) is 5.25. The van der Waals surface area contributed by atoms with Gasteiger partial charge in [0.1, 0.15) is 5.76 Å². The fourth-order valence-electron chi connectivity index (χ4n) is 3.99. The van der Waals surface area contributed by atoms with E-state index in [1.807, 2.05) is 13.1 Å². The topological polar surface area (TPSA) is 56.0 Å². The second-order valence-electron chi connectivity index (χ2n) is 7.24. The van der Waals surface area contributed by atoms with E-state index in [-0.39, 0.29) is 30.0 Å². The molecule has 2 aliphatic heterocycles. The van der Waals surface area contributed by atoms with Crippen LogP contribution in [0.5, 0.6) is 0 Å². The predicted octanol–water partition coefficient (Wildman–Crippen LogP) is 2.68. The highest BCUT2D eigenvalue weighted by Gasteiger charge is 2.25. The Labute approximate surface area is 174 Å². The maximum Gasteiger partial charge on any atom is 0.191 e. The molecule has 0 aliphatic carbocycles. The number of hydrogen-bond acceptors (Lipinski definition) is 4. The van der Waals surface area contributed by atoms with E-state index in [0.29, 0.717) is 6.04 Å². The Morgan fingerprint density at radius 2 is 2.04 bits per heavy atom. The zero-order chi connectivity index (χ0) is 17.5. The molecule has 0 radical (unpaired) electrons. The molecule has 7 heteroatoms. The van der Waals surface area contributed by atoms with Gasteiger partial charge in [0, 0.05) is 26.2 Å². The van der Waals surface area contributed by atoms with Gasteiger partial charge < -0.3 is 20.0 Å². The minimum Gasteiger partial charge on any atom is -0.468 e. The van der Waals surface area contributed by atoms with E-state index in [2.05, 4.69) is 38.5 Å². The van der Waals surface area contributed by atoms with Gasteiger partial charge in [0.25, 0.3) is 0 Å². The van der Waals surface area contributed by atoms with Crippen LogP contribution in [0, 0.1) is 0 Å². The van der Waals surface area contributed by atoms with Crippen molar-refractivity contribution in [1.82, 2.24) is 20.4 Å². The lowest BCUT2D eigenvalue weighted by molar-refractivity contribution is 0.146. The van der Waals surface area contributed by atoms with Gasteiger partial charge in [0.15, 0.2) is 5.96 Å². The summed E-state index contributed by atoms with van der Waals surface area (Å²) in [6, 6.07) is 4.95. The summed E-state index contributed by atoms with van der Waals surface area (Å²) in [6.07, 6.45) is 8.23. The number of nitrogens with zero attached hydrogens (tertiary/aromatic N) is 3. The number of aliphatic imine (C=N–C) groups is 1. The average Bonchev–Trinajstić information content (AvgIpc) is 3.31. The number of likely N-dealkylation sites (N-methyl/N-ethyl adjacent to an activating group) is 1. The summed E-state index contributed by atoms with van der Waals surface area (Å²) in [7, 11) is 4.05. The lowest BCUT2D eigenvalue weighted by Crippen LogP contribution is -2.47. The molecule has 148 valence electrons. The van der Waals surface area contributed by atoms with Gasteiger partial charge in [-0.05, 0) is 64.5 Å². The molecule has 26 heavy (non-hydrogen) atoms. The van der Waals surface area contributed by atoms with Crippen LogP contribution in [-0.2, 0) is 0 Å². The van der Waals surface area contributed by atoms with E-state index in [1.165, 1.54) is 38.6 Å². The summed E-state index contributed by atoms with van der Waals surface area (Å²) >= 11 is 0. The third kappa shape index (κ3) is 5.85. The molecule has 0 amide bonds. The number of likely N-dealkylation sites (tertiary alicyclic amines) is 2. The monoisotopic (exact) mass is 475 g/mol. The molecule has 2 atom stereocenters. The number of halogens is 1. The number of hydrogen-bond donors (Lipinski definition) is 2. The summed E-state index contributed by atoms with van der Waals surface area (Å²) in [4.78, 5) is 9.36. The first-order valence-corrected chi connectivity index (χ1v) is 9.70. The molecule has 1 aromatic rings. The standard InChI is InChI=1S/C19H33N5O.HI/c1-20-19(21-14-16-8-6-10-23(16)2)22-15-17(18-9-7-13-25-18)24-11-4-3-5-12-24;/h7,9,13,16-17H,3-6,8,10-12,14-15H2,1-2H3,(H2,20,21,22);1H. The first-order valence-electron chi connectivity index (χ1n) is 9.70. The molecule has 3 heterocycles. The number of nitrogens with one attached hydrogen (secondary N) is 2. The van der Waals surface area contributed by atoms with E-state index in [0.717, 1.165) is 37.9 Å². The number of guanidine groups is 1. The molecule has 2 unspecified atom stereocenters. The van der Waals surface area contributed by atoms with Gasteiger partial charge in [0.2, 0.25) is 0 Å². The number of rotatable bonds is 6. The highest BCUT2D eigenvalue weighted by Crippen LogP contribution is 2.24. The lowest BCUT2D eigenvalue weighted by Gasteiger charge is -2.33. The molecule has 0 spiro atoms. The molecule has 2 aliphatic rings. The Kier molecular flexibility index (Phi) is 9.21. The summed E-state index contributed by atoms with van der Waals surface area (Å²) in [5.74, 6) is 1.93. The smallest absolute Gasteiger partial charge is 0.191 e. The van der Waals surface area contributed by atoms with Gasteiger partial charge in [-0.15, -0.1) is 24.0 Å². The van der Waals surface area contributed by atoms with Crippen molar-refractivity contribution in [3.63, 3.8) is 0 Å². The average molecular weight is 475 g/mol. The normalized spacial score (nSPS) is 23.5. The van der Waals surface area contributed by atoms with Crippen molar-refractivity contribution in [2.45, 2.75) is 44.2 Å². The lowest BCUT2D eigenvalue weighted by atomic mass is 10.1. The highest BCUT2D eigenvalue weighted by molar-refractivity contribution is 14.0. The zero-order valence-electron chi connectivity index (χ0n) is 16.1. The van der Waals surface area contributed by atoms with Crippen molar-refractivity contribution < 1.29 is 4.42 Å². The van der Waals surface area contributed by atoms with E-state index in [4.69, 9.17) is 4.42 Å². The molecule has 0 aromatic carbocycles. The van der Waals surface area contributed by atoms with Gasteiger partial charge in [-0.1, -0.05) is 6.42 Å². The van der Waals surface area contributed by atoms with Crippen LogP contribution in [-0.4, -0.2) is 68.6 Å². The summed E-state index contributed by atoms with van der Waals surface area (Å²) in [5, 5.41) is 7.01. The molecule has 0 bridgehead atoms. The largest absolute Gasteiger partial charge is 0.468 e. The molecule has 2 N–H and O–H groups in total. The van der Waals surface area contributed by atoms with Crippen molar-refractivity contribution in [2.24, 2.45) is 4.99 Å². The molecule has 2 saturated heterocycles. The van der Waals surface area contributed by atoms with Crippen molar-refractivity contribution in [2.75, 3.05) is 46.8 Å². The highest BCUT2D eigenvalue weighted by atomic mass is 127. The van der Waals surface area contributed by atoms with Crippen molar-refractivity contribution in [1.29, 1.82) is 0 Å². The Balaban J connectivity index is 0.00000243. The van der Waals surface area contributed by atoms with Gasteiger partial charge in [-0.25, -0.2) is 0 Å². The van der Waals surface area contributed by atoms with Gasteiger partial charge >= 0.3 is 0 Å². The third-order valence-electron chi connectivity index (χ3n) is 5.57. The Morgan fingerprint density at radius 1 is 1.23 bits per heavy atom. The van der Waals surface area contributed by atoms with Gasteiger partial charge in [-0.3, -0.25) is 9.89 Å². The minimum atomic E-state index is 0. The second-order valence-corrected chi connectivity index (χ2v) is 7.24. The SMILES string of the molecule is CN=C(NCC1CCCN1C)NCC(c1ccco1)N1CCCCC1.I. The van der Waals surface area contributed by atoms with Crippen LogP contribution >= 0.6 is 24.0 Å². The van der Waals surface area contributed by atoms with E-state index in [9.17, 15) is 0 Å². The van der Waals surface area contributed by atoms with Crippen LogP contribution < -0.4 is 10.6 Å². The summed E-state index contributed by atoms with van der Waals surface area (Å²) in [5.41, 5.74) is 0. The first-order chi connectivity index (χ1) is 12.3. The van der Waals surface area contributed by atoms with Crippen molar-refractivity contribution in [3.8, 4) is 0 Å².